The zero-order chi connectivity index (χ0) is 17.3. The molecule has 1 aromatic carbocycles. The number of benzene rings is 1. The van der Waals surface area contributed by atoms with Gasteiger partial charge in [0.05, 0.1) is 5.69 Å². The highest BCUT2D eigenvalue weighted by Gasteiger charge is 2.59. The van der Waals surface area contributed by atoms with Crippen LogP contribution in [0.15, 0.2) is 41.8 Å². The molecule has 3 rings (SSSR count). The van der Waals surface area contributed by atoms with Gasteiger partial charge in [-0.05, 0) is 24.5 Å². The lowest BCUT2D eigenvalue weighted by Gasteiger charge is -2.46. The number of hydrogen-bond acceptors (Lipinski definition) is 4. The third-order valence-corrected chi connectivity index (χ3v) is 5.91. The van der Waals surface area contributed by atoms with Crippen LogP contribution in [-0.4, -0.2) is 21.4 Å². The topological polar surface area (TPSA) is 55.2 Å². The molecule has 2 amide bonds. The second-order valence-electron chi connectivity index (χ2n) is 5.97. The molecule has 0 spiro atoms. The number of rotatable bonds is 6. The predicted octanol–water partition coefficient (Wildman–Crippen LogP) is 3.39. The number of imide groups is 1. The summed E-state index contributed by atoms with van der Waals surface area (Å²) in [5, 5.41) is 0.905. The number of anilines is 1. The van der Waals surface area contributed by atoms with Crippen LogP contribution in [0.3, 0.4) is 0 Å². The van der Waals surface area contributed by atoms with Gasteiger partial charge in [-0.1, -0.05) is 43.8 Å². The zero-order valence-corrected chi connectivity index (χ0v) is 15.0. The SMILES string of the molecule is CCC1(CC)C(=O)N(c2ccccc2CSc2nccn2C)C1=O. The number of β-lactam (4-membered cyclic amide) rings is 2. The van der Waals surface area contributed by atoms with E-state index in [0.717, 1.165) is 10.7 Å². The smallest absolute Gasteiger partial charge is 0.249 e. The Morgan fingerprint density at radius 3 is 2.38 bits per heavy atom. The fourth-order valence-corrected chi connectivity index (χ4v) is 4.05. The molecule has 0 saturated carbocycles. The van der Waals surface area contributed by atoms with Crippen molar-refractivity contribution in [2.45, 2.75) is 37.6 Å². The Morgan fingerprint density at radius 2 is 1.79 bits per heavy atom. The Hall–Kier alpha value is -2.08. The summed E-state index contributed by atoms with van der Waals surface area (Å²) in [6, 6.07) is 7.60. The van der Waals surface area contributed by atoms with E-state index in [9.17, 15) is 9.59 Å². The number of para-hydroxylation sites is 1. The van der Waals surface area contributed by atoms with E-state index in [-0.39, 0.29) is 11.8 Å². The average Bonchev–Trinajstić information content (AvgIpc) is 3.01. The highest BCUT2D eigenvalue weighted by atomic mass is 32.2. The first-order valence-corrected chi connectivity index (χ1v) is 9.10. The van der Waals surface area contributed by atoms with Gasteiger partial charge in [-0.15, -0.1) is 0 Å². The summed E-state index contributed by atoms with van der Waals surface area (Å²) in [4.78, 5) is 31.0. The van der Waals surface area contributed by atoms with Crippen LogP contribution < -0.4 is 4.90 Å². The minimum absolute atomic E-state index is 0.0769. The van der Waals surface area contributed by atoms with E-state index >= 15 is 0 Å². The molecule has 0 N–H and O–H groups in total. The van der Waals surface area contributed by atoms with Crippen molar-refractivity contribution < 1.29 is 9.59 Å². The molecule has 0 unspecified atom stereocenters. The van der Waals surface area contributed by atoms with Gasteiger partial charge in [0.15, 0.2) is 5.16 Å². The first-order chi connectivity index (χ1) is 11.5. The molecule has 0 bridgehead atoms. The second kappa shape index (κ2) is 6.43. The molecule has 0 atom stereocenters. The van der Waals surface area contributed by atoms with Crippen molar-refractivity contribution >= 4 is 29.3 Å². The maximum atomic E-state index is 12.7. The van der Waals surface area contributed by atoms with Crippen molar-refractivity contribution in [2.24, 2.45) is 12.5 Å². The maximum absolute atomic E-state index is 12.7. The molecular weight excluding hydrogens is 322 g/mol. The van der Waals surface area contributed by atoms with E-state index in [2.05, 4.69) is 4.98 Å². The van der Waals surface area contributed by atoms with Crippen molar-refractivity contribution in [1.82, 2.24) is 9.55 Å². The standard InChI is InChI=1S/C18H21N3O2S/c1-4-18(5-2)15(22)21(16(18)23)14-9-7-6-8-13(14)12-24-17-19-10-11-20(17)3/h6-11H,4-5,12H2,1-3H3. The van der Waals surface area contributed by atoms with Gasteiger partial charge in [0, 0.05) is 25.2 Å². The van der Waals surface area contributed by atoms with E-state index in [1.807, 2.05) is 55.9 Å². The molecule has 0 radical (unpaired) electrons. The van der Waals surface area contributed by atoms with E-state index in [1.54, 1.807) is 18.0 Å². The molecule has 1 aromatic heterocycles. The van der Waals surface area contributed by atoms with Crippen LogP contribution in [0.1, 0.15) is 32.3 Å². The van der Waals surface area contributed by atoms with Crippen molar-refractivity contribution in [3.8, 4) is 0 Å². The molecule has 2 aromatic rings. The lowest BCUT2D eigenvalue weighted by atomic mass is 9.72. The number of imidazole rings is 1. The van der Waals surface area contributed by atoms with Gasteiger partial charge in [-0.3, -0.25) is 9.59 Å². The van der Waals surface area contributed by atoms with Crippen molar-refractivity contribution in [3.05, 3.63) is 42.2 Å². The highest BCUT2D eigenvalue weighted by molar-refractivity contribution is 7.98. The molecule has 126 valence electrons. The predicted molar refractivity (Wildman–Crippen MR) is 94.7 cm³/mol. The Labute approximate surface area is 146 Å². The number of hydrogen-bond donors (Lipinski definition) is 0. The average molecular weight is 343 g/mol. The summed E-state index contributed by atoms with van der Waals surface area (Å²) in [6.07, 6.45) is 4.77. The van der Waals surface area contributed by atoms with Gasteiger partial charge in [-0.2, -0.15) is 0 Å². The van der Waals surface area contributed by atoms with Gasteiger partial charge in [0.1, 0.15) is 5.41 Å². The second-order valence-corrected chi connectivity index (χ2v) is 6.92. The molecule has 1 aliphatic heterocycles. The number of carbonyl (C=O) groups excluding carboxylic acids is 2. The van der Waals surface area contributed by atoms with Crippen LogP contribution in [0.5, 0.6) is 0 Å². The molecule has 2 heterocycles. The zero-order valence-electron chi connectivity index (χ0n) is 14.2. The molecule has 1 saturated heterocycles. The summed E-state index contributed by atoms with van der Waals surface area (Å²) in [5.74, 6) is 0.502. The number of amides is 2. The van der Waals surface area contributed by atoms with Crippen molar-refractivity contribution in [2.75, 3.05) is 4.90 Å². The fourth-order valence-electron chi connectivity index (χ4n) is 3.12. The summed E-state index contributed by atoms with van der Waals surface area (Å²) in [5.41, 5.74) is 0.847. The Balaban J connectivity index is 1.84. The summed E-state index contributed by atoms with van der Waals surface area (Å²) in [6.45, 7) is 3.80. The fraction of sp³-hybridized carbons (Fsp3) is 0.389. The third-order valence-electron chi connectivity index (χ3n) is 4.80. The van der Waals surface area contributed by atoms with E-state index in [0.29, 0.717) is 24.3 Å². The molecule has 0 aliphatic carbocycles. The van der Waals surface area contributed by atoms with Crippen LogP contribution in [0.25, 0.3) is 0 Å². The van der Waals surface area contributed by atoms with Crippen LogP contribution in [0.2, 0.25) is 0 Å². The van der Waals surface area contributed by atoms with Gasteiger partial charge in [0.2, 0.25) is 11.8 Å². The number of aryl methyl sites for hydroxylation is 1. The highest BCUT2D eigenvalue weighted by Crippen LogP contribution is 2.44. The van der Waals surface area contributed by atoms with Crippen molar-refractivity contribution in [1.29, 1.82) is 0 Å². The molecule has 5 nitrogen and oxygen atoms in total. The number of aromatic nitrogens is 2. The summed E-state index contributed by atoms with van der Waals surface area (Å²) >= 11 is 1.59. The first kappa shape index (κ1) is 16.8. The summed E-state index contributed by atoms with van der Waals surface area (Å²) < 4.78 is 1.95. The lowest BCUT2D eigenvalue weighted by Crippen LogP contribution is -2.66. The molecule has 1 aliphatic rings. The van der Waals surface area contributed by atoms with E-state index in [1.165, 1.54) is 4.90 Å². The maximum Gasteiger partial charge on any atom is 0.249 e. The Bertz CT molecular complexity index is 762. The number of carbonyl (C=O) groups is 2. The quantitative estimate of drug-likeness (QED) is 0.458. The number of nitrogens with zero attached hydrogens (tertiary/aromatic N) is 3. The third kappa shape index (κ3) is 2.45. The molecule has 24 heavy (non-hydrogen) atoms. The minimum atomic E-state index is -0.820. The van der Waals surface area contributed by atoms with Crippen LogP contribution in [-0.2, 0) is 22.4 Å². The van der Waals surface area contributed by atoms with Gasteiger partial charge in [-0.25, -0.2) is 9.88 Å². The summed E-state index contributed by atoms with van der Waals surface area (Å²) in [7, 11) is 1.95. The Kier molecular flexibility index (Phi) is 4.49. The first-order valence-electron chi connectivity index (χ1n) is 8.12. The van der Waals surface area contributed by atoms with Gasteiger partial charge < -0.3 is 4.57 Å². The monoisotopic (exact) mass is 343 g/mol. The number of thioether (sulfide) groups is 1. The van der Waals surface area contributed by atoms with E-state index in [4.69, 9.17) is 0 Å². The molecule has 6 heteroatoms. The normalized spacial score (nSPS) is 16.4. The van der Waals surface area contributed by atoms with Crippen LogP contribution in [0, 0.1) is 5.41 Å². The minimum Gasteiger partial charge on any atom is -0.329 e. The van der Waals surface area contributed by atoms with Gasteiger partial charge in [0.25, 0.3) is 0 Å². The molecular formula is C18H21N3O2S. The largest absolute Gasteiger partial charge is 0.329 e. The Morgan fingerprint density at radius 1 is 1.12 bits per heavy atom. The van der Waals surface area contributed by atoms with Gasteiger partial charge >= 0.3 is 0 Å². The van der Waals surface area contributed by atoms with Crippen molar-refractivity contribution in [3.63, 3.8) is 0 Å². The van der Waals surface area contributed by atoms with Crippen LogP contribution in [0.4, 0.5) is 5.69 Å². The van der Waals surface area contributed by atoms with Crippen LogP contribution >= 0.6 is 11.8 Å². The lowest BCUT2D eigenvalue weighted by molar-refractivity contribution is -0.153. The van der Waals surface area contributed by atoms with E-state index < -0.39 is 5.41 Å². The molecule has 1 fully saturated rings.